The summed E-state index contributed by atoms with van der Waals surface area (Å²) in [5.74, 6) is -0.0204. The van der Waals surface area contributed by atoms with Crippen LogP contribution in [0.4, 0.5) is 0 Å². The summed E-state index contributed by atoms with van der Waals surface area (Å²) in [6.45, 7) is 0.0727. The minimum absolute atomic E-state index is 0.0320. The van der Waals surface area contributed by atoms with E-state index < -0.39 is 0 Å². The highest BCUT2D eigenvalue weighted by Gasteiger charge is 2.17. The van der Waals surface area contributed by atoms with Crippen LogP contribution in [0, 0.1) is 0 Å². The van der Waals surface area contributed by atoms with Crippen molar-refractivity contribution in [3.63, 3.8) is 0 Å². The van der Waals surface area contributed by atoms with E-state index >= 15 is 0 Å². The third-order valence-corrected chi connectivity index (χ3v) is 2.42. The minimum atomic E-state index is -0.273. The van der Waals surface area contributed by atoms with Gasteiger partial charge < -0.3 is 4.74 Å². The van der Waals surface area contributed by atoms with E-state index in [-0.39, 0.29) is 30.7 Å². The van der Waals surface area contributed by atoms with E-state index in [4.69, 9.17) is 4.74 Å². The molecule has 0 saturated heterocycles. The highest BCUT2D eigenvalue weighted by molar-refractivity contribution is 5.97. The van der Waals surface area contributed by atoms with Gasteiger partial charge in [-0.15, -0.1) is 0 Å². The third-order valence-electron chi connectivity index (χ3n) is 2.42. The molecule has 1 aromatic rings. The SMILES string of the molecule is O=C1C=CC(CC(=O)c2ccccc2)OC1. The molecule has 1 atom stereocenters. The lowest BCUT2D eigenvalue weighted by atomic mass is 10.0. The van der Waals surface area contributed by atoms with Crippen LogP contribution in [-0.4, -0.2) is 24.3 Å². The van der Waals surface area contributed by atoms with E-state index in [2.05, 4.69) is 0 Å². The van der Waals surface area contributed by atoms with Crippen LogP contribution >= 0.6 is 0 Å². The van der Waals surface area contributed by atoms with Crippen molar-refractivity contribution in [3.05, 3.63) is 48.0 Å². The van der Waals surface area contributed by atoms with E-state index in [1.807, 2.05) is 18.2 Å². The Bertz CT molecular complexity index is 420. The summed E-state index contributed by atoms with van der Waals surface area (Å²) in [5, 5.41) is 0. The fourth-order valence-corrected chi connectivity index (χ4v) is 1.56. The Morgan fingerprint density at radius 1 is 1.31 bits per heavy atom. The summed E-state index contributed by atoms with van der Waals surface area (Å²) >= 11 is 0. The van der Waals surface area contributed by atoms with Crippen molar-refractivity contribution in [1.82, 2.24) is 0 Å². The standard InChI is InChI=1S/C13H12O3/c14-11-6-7-12(16-9-11)8-13(15)10-4-2-1-3-5-10/h1-7,12H,8-9H2. The summed E-state index contributed by atoms with van der Waals surface area (Å²) in [6.07, 6.45) is 3.14. The Labute approximate surface area is 93.7 Å². The molecule has 0 fully saturated rings. The number of hydrogen-bond donors (Lipinski definition) is 0. The Morgan fingerprint density at radius 3 is 2.69 bits per heavy atom. The van der Waals surface area contributed by atoms with E-state index in [1.165, 1.54) is 6.08 Å². The predicted octanol–water partition coefficient (Wildman–Crippen LogP) is 1.78. The van der Waals surface area contributed by atoms with Crippen molar-refractivity contribution in [2.75, 3.05) is 6.61 Å². The Kier molecular flexibility index (Phi) is 3.27. The molecule has 3 heteroatoms. The Balaban J connectivity index is 1.98. The average molecular weight is 216 g/mol. The first-order valence-corrected chi connectivity index (χ1v) is 5.16. The van der Waals surface area contributed by atoms with Gasteiger partial charge in [0.25, 0.3) is 0 Å². The van der Waals surface area contributed by atoms with Gasteiger partial charge in [-0.25, -0.2) is 0 Å². The molecule has 1 heterocycles. The van der Waals surface area contributed by atoms with Gasteiger partial charge in [0.05, 0.1) is 6.10 Å². The van der Waals surface area contributed by atoms with Gasteiger partial charge >= 0.3 is 0 Å². The van der Waals surface area contributed by atoms with Crippen molar-refractivity contribution in [2.24, 2.45) is 0 Å². The number of ketones is 2. The number of hydrogen-bond acceptors (Lipinski definition) is 3. The number of ether oxygens (including phenoxy) is 1. The number of carbonyl (C=O) groups excluding carboxylic acids is 2. The van der Waals surface area contributed by atoms with Crippen LogP contribution < -0.4 is 0 Å². The molecule has 16 heavy (non-hydrogen) atoms. The Hall–Kier alpha value is -1.74. The lowest BCUT2D eigenvalue weighted by Crippen LogP contribution is -2.23. The minimum Gasteiger partial charge on any atom is -0.366 e. The van der Waals surface area contributed by atoms with Gasteiger partial charge in [0.1, 0.15) is 6.61 Å². The van der Waals surface area contributed by atoms with Gasteiger partial charge in [0.2, 0.25) is 0 Å². The third kappa shape index (κ3) is 2.64. The molecule has 0 aliphatic carbocycles. The summed E-state index contributed by atoms with van der Waals surface area (Å²) in [4.78, 5) is 22.7. The van der Waals surface area contributed by atoms with E-state index in [1.54, 1.807) is 18.2 Å². The van der Waals surface area contributed by atoms with Gasteiger partial charge in [0, 0.05) is 12.0 Å². The molecular weight excluding hydrogens is 204 g/mol. The smallest absolute Gasteiger partial charge is 0.181 e. The van der Waals surface area contributed by atoms with Crippen LogP contribution in [0.3, 0.4) is 0 Å². The van der Waals surface area contributed by atoms with Crippen molar-refractivity contribution >= 4 is 11.6 Å². The van der Waals surface area contributed by atoms with Gasteiger partial charge in [-0.1, -0.05) is 36.4 Å². The van der Waals surface area contributed by atoms with E-state index in [0.29, 0.717) is 5.56 Å². The average Bonchev–Trinajstić information content (AvgIpc) is 2.33. The van der Waals surface area contributed by atoms with Crippen LogP contribution in [0.25, 0.3) is 0 Å². The fraction of sp³-hybridized carbons (Fsp3) is 0.231. The van der Waals surface area contributed by atoms with Crippen LogP contribution in [0.15, 0.2) is 42.5 Å². The van der Waals surface area contributed by atoms with Crippen molar-refractivity contribution < 1.29 is 14.3 Å². The first-order chi connectivity index (χ1) is 7.75. The van der Waals surface area contributed by atoms with Crippen molar-refractivity contribution in [3.8, 4) is 0 Å². The highest BCUT2D eigenvalue weighted by Crippen LogP contribution is 2.11. The first-order valence-electron chi connectivity index (χ1n) is 5.16. The molecule has 0 spiro atoms. The highest BCUT2D eigenvalue weighted by atomic mass is 16.5. The molecule has 0 amide bonds. The molecule has 2 rings (SSSR count). The molecule has 0 aromatic heterocycles. The maximum Gasteiger partial charge on any atom is 0.181 e. The fourth-order valence-electron chi connectivity index (χ4n) is 1.56. The molecule has 3 nitrogen and oxygen atoms in total. The zero-order valence-corrected chi connectivity index (χ0v) is 8.76. The quantitative estimate of drug-likeness (QED) is 0.723. The summed E-state index contributed by atoms with van der Waals surface area (Å²) < 4.78 is 5.23. The van der Waals surface area contributed by atoms with Crippen molar-refractivity contribution in [2.45, 2.75) is 12.5 Å². The van der Waals surface area contributed by atoms with E-state index in [0.717, 1.165) is 0 Å². The normalized spacial score (nSPS) is 19.8. The van der Waals surface area contributed by atoms with Crippen LogP contribution in [0.1, 0.15) is 16.8 Å². The summed E-state index contributed by atoms with van der Waals surface area (Å²) in [5.41, 5.74) is 0.677. The van der Waals surface area contributed by atoms with E-state index in [9.17, 15) is 9.59 Å². The number of benzene rings is 1. The lowest BCUT2D eigenvalue weighted by molar-refractivity contribution is -0.121. The Morgan fingerprint density at radius 2 is 2.06 bits per heavy atom. The topological polar surface area (TPSA) is 43.4 Å². The molecule has 1 aromatic carbocycles. The van der Waals surface area contributed by atoms with Gasteiger partial charge in [0.15, 0.2) is 11.6 Å². The second-order valence-corrected chi connectivity index (χ2v) is 3.67. The molecule has 0 saturated carbocycles. The molecule has 1 aliphatic rings. The number of rotatable bonds is 3. The first kappa shape index (κ1) is 10.8. The molecule has 0 bridgehead atoms. The van der Waals surface area contributed by atoms with Crippen molar-refractivity contribution in [1.29, 1.82) is 0 Å². The molecule has 1 aliphatic heterocycles. The maximum absolute atomic E-state index is 11.8. The van der Waals surface area contributed by atoms with Gasteiger partial charge in [-0.3, -0.25) is 9.59 Å². The number of Topliss-reactive ketones (excluding diaryl/α,β-unsaturated/α-hetero) is 1. The molecular formula is C13H12O3. The molecule has 0 N–H and O–H groups in total. The lowest BCUT2D eigenvalue weighted by Gasteiger charge is -2.15. The zero-order chi connectivity index (χ0) is 11.4. The van der Waals surface area contributed by atoms with Gasteiger partial charge in [-0.2, -0.15) is 0 Å². The summed E-state index contributed by atoms with van der Waals surface area (Å²) in [6, 6.07) is 9.08. The van der Waals surface area contributed by atoms with Crippen LogP contribution in [0.5, 0.6) is 0 Å². The van der Waals surface area contributed by atoms with Crippen LogP contribution in [0.2, 0.25) is 0 Å². The predicted molar refractivity (Wildman–Crippen MR) is 59.3 cm³/mol. The van der Waals surface area contributed by atoms with Crippen LogP contribution in [-0.2, 0) is 9.53 Å². The zero-order valence-electron chi connectivity index (χ0n) is 8.76. The largest absolute Gasteiger partial charge is 0.366 e. The molecule has 0 radical (unpaired) electrons. The second kappa shape index (κ2) is 4.86. The summed E-state index contributed by atoms with van der Waals surface area (Å²) in [7, 11) is 0. The van der Waals surface area contributed by atoms with Gasteiger partial charge in [-0.05, 0) is 6.08 Å². The monoisotopic (exact) mass is 216 g/mol. The molecule has 1 unspecified atom stereocenters. The maximum atomic E-state index is 11.8. The number of carbonyl (C=O) groups is 2. The second-order valence-electron chi connectivity index (χ2n) is 3.67. The molecule has 82 valence electrons.